The van der Waals surface area contributed by atoms with Crippen molar-refractivity contribution >= 4 is 0 Å². The zero-order valence-corrected chi connectivity index (χ0v) is 11.8. The van der Waals surface area contributed by atoms with Crippen LogP contribution < -0.4 is 5.32 Å². The van der Waals surface area contributed by atoms with Gasteiger partial charge in [-0.3, -0.25) is 9.88 Å². The van der Waals surface area contributed by atoms with Crippen LogP contribution in [0.25, 0.3) is 0 Å². The summed E-state index contributed by atoms with van der Waals surface area (Å²) in [6.07, 6.45) is 2.44. The van der Waals surface area contributed by atoms with Crippen molar-refractivity contribution in [2.24, 2.45) is 0 Å². The predicted octanol–water partition coefficient (Wildman–Crippen LogP) is 2.35. The van der Waals surface area contributed by atoms with Gasteiger partial charge in [0.1, 0.15) is 0 Å². The molecule has 0 spiro atoms. The fourth-order valence-electron chi connectivity index (χ4n) is 2.59. The lowest BCUT2D eigenvalue weighted by Gasteiger charge is -2.30. The first-order valence-electron chi connectivity index (χ1n) is 7.04. The molecule has 0 saturated carbocycles. The molecule has 2 heterocycles. The van der Waals surface area contributed by atoms with E-state index in [0.717, 1.165) is 25.3 Å². The molecule has 1 aromatic heterocycles. The van der Waals surface area contributed by atoms with E-state index >= 15 is 0 Å². The van der Waals surface area contributed by atoms with Crippen molar-refractivity contribution in [1.29, 1.82) is 0 Å². The molecule has 0 amide bonds. The maximum atomic E-state index is 4.60. The smallest absolute Gasteiger partial charge is 0.0547 e. The Morgan fingerprint density at radius 1 is 1.22 bits per heavy atom. The minimum absolute atomic E-state index is 0.619. The molecule has 100 valence electrons. The van der Waals surface area contributed by atoms with E-state index in [9.17, 15) is 0 Å². The lowest BCUT2D eigenvalue weighted by atomic mass is 10.1. The van der Waals surface area contributed by atoms with Gasteiger partial charge in [-0.15, -0.1) is 0 Å². The Bertz CT molecular complexity index is 366. The number of hydrogen-bond acceptors (Lipinski definition) is 3. The van der Waals surface area contributed by atoms with Gasteiger partial charge in [0, 0.05) is 37.4 Å². The lowest BCUT2D eigenvalue weighted by Crippen LogP contribution is -2.42. The summed E-state index contributed by atoms with van der Waals surface area (Å²) in [5.41, 5.74) is 2.31. The van der Waals surface area contributed by atoms with Crippen LogP contribution in [0.3, 0.4) is 0 Å². The summed E-state index contributed by atoms with van der Waals surface area (Å²) in [5, 5.41) is 3.63. The fourth-order valence-corrected chi connectivity index (χ4v) is 2.59. The lowest BCUT2D eigenvalue weighted by molar-refractivity contribution is 0.210. The van der Waals surface area contributed by atoms with Crippen LogP contribution in [0.4, 0.5) is 0 Å². The van der Waals surface area contributed by atoms with E-state index in [4.69, 9.17) is 0 Å². The second-order valence-corrected chi connectivity index (χ2v) is 5.59. The molecule has 2 rings (SSSR count). The molecule has 18 heavy (non-hydrogen) atoms. The van der Waals surface area contributed by atoms with Gasteiger partial charge < -0.3 is 5.32 Å². The van der Waals surface area contributed by atoms with E-state index in [0.29, 0.717) is 12.1 Å². The molecule has 1 aliphatic rings. The maximum Gasteiger partial charge on any atom is 0.0547 e. The summed E-state index contributed by atoms with van der Waals surface area (Å²) >= 11 is 0. The quantitative estimate of drug-likeness (QED) is 0.869. The molecular formula is C15H25N3. The third-order valence-electron chi connectivity index (χ3n) is 3.66. The summed E-state index contributed by atoms with van der Waals surface area (Å²) in [7, 11) is 0. The molecule has 1 aromatic rings. The van der Waals surface area contributed by atoms with Crippen molar-refractivity contribution in [3.63, 3.8) is 0 Å². The molecule has 1 fully saturated rings. The van der Waals surface area contributed by atoms with E-state index < -0.39 is 0 Å². The fraction of sp³-hybridized carbons (Fsp3) is 0.667. The number of aromatic nitrogens is 1. The van der Waals surface area contributed by atoms with Gasteiger partial charge in [-0.2, -0.15) is 0 Å². The van der Waals surface area contributed by atoms with Crippen LogP contribution in [-0.2, 0) is 6.54 Å². The minimum Gasteiger partial charge on any atom is -0.312 e. The molecular weight excluding hydrogens is 222 g/mol. The van der Waals surface area contributed by atoms with Crippen molar-refractivity contribution in [3.05, 3.63) is 29.6 Å². The number of aryl methyl sites for hydroxylation is 1. The van der Waals surface area contributed by atoms with E-state index in [1.54, 1.807) is 0 Å². The Balaban J connectivity index is 1.95. The van der Waals surface area contributed by atoms with Crippen molar-refractivity contribution in [2.45, 2.75) is 52.2 Å². The van der Waals surface area contributed by atoms with Gasteiger partial charge in [-0.25, -0.2) is 0 Å². The molecule has 0 bridgehead atoms. The summed E-state index contributed by atoms with van der Waals surface area (Å²) in [6.45, 7) is 9.94. The van der Waals surface area contributed by atoms with Crippen molar-refractivity contribution in [2.75, 3.05) is 13.1 Å². The minimum atomic E-state index is 0.619. The summed E-state index contributed by atoms with van der Waals surface area (Å²) in [4.78, 5) is 7.14. The first kappa shape index (κ1) is 13.5. The molecule has 0 radical (unpaired) electrons. The van der Waals surface area contributed by atoms with Gasteiger partial charge in [0.2, 0.25) is 0 Å². The van der Waals surface area contributed by atoms with E-state index in [1.165, 1.54) is 18.5 Å². The normalized spacial score (nSPS) is 26.6. The van der Waals surface area contributed by atoms with Crippen molar-refractivity contribution in [3.8, 4) is 0 Å². The molecule has 1 N–H and O–H groups in total. The van der Waals surface area contributed by atoms with Crippen LogP contribution in [-0.4, -0.2) is 35.1 Å². The number of hydrogen-bond donors (Lipinski definition) is 1. The summed E-state index contributed by atoms with van der Waals surface area (Å²) < 4.78 is 0. The van der Waals surface area contributed by atoms with E-state index in [1.807, 2.05) is 0 Å². The highest BCUT2D eigenvalue weighted by molar-refractivity contribution is 5.09. The highest BCUT2D eigenvalue weighted by atomic mass is 15.1. The molecule has 3 heteroatoms. The Morgan fingerprint density at radius 3 is 2.50 bits per heavy atom. The van der Waals surface area contributed by atoms with Crippen LogP contribution >= 0.6 is 0 Å². The van der Waals surface area contributed by atoms with Crippen LogP contribution in [0.2, 0.25) is 0 Å². The van der Waals surface area contributed by atoms with E-state index in [-0.39, 0.29) is 0 Å². The summed E-state index contributed by atoms with van der Waals surface area (Å²) in [6, 6.07) is 7.54. The second kappa shape index (κ2) is 6.30. The molecule has 1 aliphatic heterocycles. The number of pyridine rings is 1. The average molecular weight is 247 g/mol. The zero-order valence-electron chi connectivity index (χ0n) is 11.8. The molecule has 2 atom stereocenters. The third kappa shape index (κ3) is 4.07. The Labute approximate surface area is 111 Å². The van der Waals surface area contributed by atoms with Gasteiger partial charge in [0.05, 0.1) is 5.69 Å². The standard InChI is InChI=1S/C15H25N3/c1-12-5-4-6-15(17-12)11-18-9-7-13(2)16-14(3)8-10-18/h4-6,13-14,16H,7-11H2,1-3H3. The third-order valence-corrected chi connectivity index (χ3v) is 3.66. The van der Waals surface area contributed by atoms with Gasteiger partial charge in [0.25, 0.3) is 0 Å². The Morgan fingerprint density at radius 2 is 1.89 bits per heavy atom. The van der Waals surface area contributed by atoms with Crippen LogP contribution in [0.15, 0.2) is 18.2 Å². The highest BCUT2D eigenvalue weighted by Gasteiger charge is 2.16. The van der Waals surface area contributed by atoms with Crippen molar-refractivity contribution < 1.29 is 0 Å². The van der Waals surface area contributed by atoms with Crippen LogP contribution in [0.1, 0.15) is 38.1 Å². The number of nitrogens with one attached hydrogen (secondary N) is 1. The first-order valence-corrected chi connectivity index (χ1v) is 7.04. The molecule has 1 saturated heterocycles. The summed E-state index contributed by atoms with van der Waals surface area (Å²) in [5.74, 6) is 0. The molecule has 0 aliphatic carbocycles. The van der Waals surface area contributed by atoms with Gasteiger partial charge in [-0.1, -0.05) is 6.07 Å². The SMILES string of the molecule is Cc1cccc(CN2CCC(C)NC(C)CC2)n1. The van der Waals surface area contributed by atoms with Crippen LogP contribution in [0.5, 0.6) is 0 Å². The average Bonchev–Trinajstić information content (AvgIpc) is 2.31. The monoisotopic (exact) mass is 247 g/mol. The molecule has 0 aromatic carbocycles. The van der Waals surface area contributed by atoms with Gasteiger partial charge >= 0.3 is 0 Å². The number of rotatable bonds is 2. The zero-order chi connectivity index (χ0) is 13.0. The Kier molecular flexibility index (Phi) is 4.72. The topological polar surface area (TPSA) is 28.2 Å². The maximum absolute atomic E-state index is 4.60. The molecule has 2 unspecified atom stereocenters. The second-order valence-electron chi connectivity index (χ2n) is 5.59. The van der Waals surface area contributed by atoms with E-state index in [2.05, 4.69) is 54.2 Å². The van der Waals surface area contributed by atoms with Gasteiger partial charge in [-0.05, 0) is 45.7 Å². The van der Waals surface area contributed by atoms with Gasteiger partial charge in [0.15, 0.2) is 0 Å². The first-order chi connectivity index (χ1) is 8.63. The predicted molar refractivity (Wildman–Crippen MR) is 75.5 cm³/mol. The molecule has 3 nitrogen and oxygen atoms in total. The Hall–Kier alpha value is -0.930. The largest absolute Gasteiger partial charge is 0.312 e. The van der Waals surface area contributed by atoms with Crippen molar-refractivity contribution in [1.82, 2.24) is 15.2 Å². The number of nitrogens with zero attached hydrogens (tertiary/aromatic N) is 2. The van der Waals surface area contributed by atoms with Crippen LogP contribution in [0, 0.1) is 6.92 Å². The highest BCUT2D eigenvalue weighted by Crippen LogP contribution is 2.10.